The predicted octanol–water partition coefficient (Wildman–Crippen LogP) is 10.4. The van der Waals surface area contributed by atoms with Crippen LogP contribution in [-0.4, -0.2) is 0 Å². The first-order valence-corrected chi connectivity index (χ1v) is 11.4. The molecule has 0 fully saturated rings. The first kappa shape index (κ1) is 10.2. The van der Waals surface area contributed by atoms with Gasteiger partial charge in [-0.05, 0) is 55.6 Å². The summed E-state index contributed by atoms with van der Waals surface area (Å²) in [6, 6.07) is 1.41. The van der Waals surface area contributed by atoms with Gasteiger partial charge < -0.3 is 4.42 Å². The number of benzene rings is 7. The van der Waals surface area contributed by atoms with Crippen molar-refractivity contribution in [3.05, 3.63) is 133 Å². The van der Waals surface area contributed by atoms with Gasteiger partial charge in [0.1, 0.15) is 11.2 Å². The summed E-state index contributed by atoms with van der Waals surface area (Å²) >= 11 is 0. The van der Waals surface area contributed by atoms with E-state index >= 15 is 0 Å². The Morgan fingerprint density at radius 1 is 0.459 bits per heavy atom. The fourth-order valence-corrected chi connectivity index (χ4v) is 5.00. The summed E-state index contributed by atoms with van der Waals surface area (Å²) in [4.78, 5) is 0. The SMILES string of the molecule is [2H]c1cc2c(-c3cc([2H])c4c([2H])c([2H])c([2H])c([2H])c4c3)c3cc([2H])c([2H])cc3c(-c3c([2H])c([2H])c([2H])c4c3oc3c([2H])c([2H])c([2H])c([2H])c34)c2cc1[2H]. The van der Waals surface area contributed by atoms with Gasteiger partial charge in [0.05, 0.1) is 21.9 Å². The Morgan fingerprint density at radius 3 is 1.84 bits per heavy atom. The van der Waals surface area contributed by atoms with Gasteiger partial charge in [0.25, 0.3) is 0 Å². The summed E-state index contributed by atoms with van der Waals surface area (Å²) < 4.78 is 143. The third kappa shape index (κ3) is 2.98. The van der Waals surface area contributed by atoms with Crippen LogP contribution in [0.1, 0.15) is 21.9 Å². The number of furan rings is 1. The molecule has 0 saturated carbocycles. The molecule has 172 valence electrons. The lowest BCUT2D eigenvalue weighted by atomic mass is 9.85. The minimum Gasteiger partial charge on any atom is -0.455 e. The van der Waals surface area contributed by atoms with Gasteiger partial charge in [-0.3, -0.25) is 0 Å². The zero-order valence-corrected chi connectivity index (χ0v) is 18.9. The van der Waals surface area contributed by atoms with E-state index in [2.05, 4.69) is 0 Å². The third-order valence-electron chi connectivity index (χ3n) is 6.55. The number of para-hydroxylation sites is 2. The van der Waals surface area contributed by atoms with Gasteiger partial charge >= 0.3 is 0 Å². The Kier molecular flexibility index (Phi) is 2.16. The van der Waals surface area contributed by atoms with Gasteiger partial charge in [0.15, 0.2) is 0 Å². The van der Waals surface area contributed by atoms with Gasteiger partial charge in [-0.25, -0.2) is 0 Å². The molecule has 1 heteroatoms. The van der Waals surface area contributed by atoms with Crippen LogP contribution in [0.5, 0.6) is 0 Å². The molecule has 0 N–H and O–H groups in total. The van der Waals surface area contributed by atoms with E-state index in [0.29, 0.717) is 5.56 Å². The summed E-state index contributed by atoms with van der Waals surface area (Å²) in [7, 11) is 0. The fraction of sp³-hybridized carbons (Fsp3) is 0. The maximum absolute atomic E-state index is 9.18. The smallest absolute Gasteiger partial charge is 0.143 e. The Labute approximate surface area is 236 Å². The standard InChI is InChI=1S/C36H22O/c1-2-11-24-22-25(21-20-23(24)10-1)34-27-13-3-5-15-29(27)35(30-16-6-4-14-28(30)34)32-18-9-17-31-26-12-7-8-19-33(26)37-36(31)32/h1-22H/i1D,2D,3D,4D,5D,6D,7D,8D,9D,10D,11D,12D,17D,18D,19D,20D. The highest BCUT2D eigenvalue weighted by Gasteiger charge is 2.20. The quantitative estimate of drug-likeness (QED) is 0.221. The molecule has 8 aromatic rings. The van der Waals surface area contributed by atoms with Crippen molar-refractivity contribution < 1.29 is 26.3 Å². The highest BCUT2D eigenvalue weighted by molar-refractivity contribution is 6.24. The molecule has 0 aliphatic carbocycles. The van der Waals surface area contributed by atoms with Gasteiger partial charge in [-0.1, -0.05) is 121 Å². The average Bonchev–Trinajstić information content (AvgIpc) is 3.52. The van der Waals surface area contributed by atoms with E-state index in [1.807, 2.05) is 0 Å². The van der Waals surface area contributed by atoms with Crippen molar-refractivity contribution in [2.75, 3.05) is 0 Å². The second kappa shape index (κ2) is 7.81. The van der Waals surface area contributed by atoms with Crippen LogP contribution in [0.4, 0.5) is 0 Å². The van der Waals surface area contributed by atoms with Crippen LogP contribution in [0.25, 0.3) is 76.5 Å². The van der Waals surface area contributed by atoms with Crippen LogP contribution in [0.3, 0.4) is 0 Å². The lowest BCUT2D eigenvalue weighted by Crippen LogP contribution is -1.91. The summed E-state index contributed by atoms with van der Waals surface area (Å²) in [6.45, 7) is 0. The normalized spacial score (nSPS) is 17.8. The van der Waals surface area contributed by atoms with E-state index in [9.17, 15) is 1.37 Å². The fourth-order valence-electron chi connectivity index (χ4n) is 5.00. The Bertz CT molecular complexity index is 2950. The summed E-state index contributed by atoms with van der Waals surface area (Å²) in [5.41, 5.74) is 0.00910. The van der Waals surface area contributed by atoms with Crippen LogP contribution in [0.15, 0.2) is 137 Å². The number of rotatable bonds is 2. The summed E-state index contributed by atoms with van der Waals surface area (Å²) in [5, 5.41) is 0.592. The Morgan fingerprint density at radius 2 is 1.08 bits per heavy atom. The van der Waals surface area contributed by atoms with Gasteiger partial charge in [-0.2, -0.15) is 0 Å². The third-order valence-corrected chi connectivity index (χ3v) is 6.55. The molecule has 0 aliphatic heterocycles. The van der Waals surface area contributed by atoms with E-state index in [1.165, 1.54) is 36.4 Å². The topological polar surface area (TPSA) is 13.1 Å². The lowest BCUT2D eigenvalue weighted by Gasteiger charge is -2.18. The molecule has 1 heterocycles. The van der Waals surface area contributed by atoms with Gasteiger partial charge in [0.2, 0.25) is 0 Å². The van der Waals surface area contributed by atoms with E-state index < -0.39 is 60.4 Å². The zero-order valence-electron chi connectivity index (χ0n) is 34.9. The van der Waals surface area contributed by atoms with Crippen molar-refractivity contribution in [3.8, 4) is 22.3 Å². The molecule has 0 saturated heterocycles. The van der Waals surface area contributed by atoms with Crippen LogP contribution in [0.2, 0.25) is 0 Å². The average molecular weight is 487 g/mol. The molecule has 0 bridgehead atoms. The summed E-state index contributed by atoms with van der Waals surface area (Å²) in [5.74, 6) is 0. The molecule has 0 aliphatic rings. The van der Waals surface area contributed by atoms with E-state index in [4.69, 9.17) is 25.0 Å². The number of hydrogen-bond acceptors (Lipinski definition) is 1. The zero-order chi connectivity index (χ0) is 38.3. The molecule has 0 atom stereocenters. The summed E-state index contributed by atoms with van der Waals surface area (Å²) in [6.07, 6.45) is 0. The van der Waals surface area contributed by atoms with Gasteiger partial charge in [-0.15, -0.1) is 0 Å². The van der Waals surface area contributed by atoms with E-state index in [1.54, 1.807) is 0 Å². The van der Waals surface area contributed by atoms with E-state index in [0.717, 1.165) is 0 Å². The van der Waals surface area contributed by atoms with Gasteiger partial charge in [0, 0.05) is 21.9 Å². The minimum absolute atomic E-state index is 0.0204. The Hall–Kier alpha value is -4.88. The predicted molar refractivity (Wildman–Crippen MR) is 157 cm³/mol. The maximum atomic E-state index is 9.18. The first-order chi connectivity index (χ1) is 25.0. The van der Waals surface area contributed by atoms with Crippen LogP contribution >= 0.6 is 0 Å². The molecule has 0 spiro atoms. The first-order valence-electron chi connectivity index (χ1n) is 19.4. The monoisotopic (exact) mass is 486 g/mol. The molecule has 1 aromatic heterocycles. The van der Waals surface area contributed by atoms with E-state index in [-0.39, 0.29) is 107 Å². The van der Waals surface area contributed by atoms with Crippen molar-refractivity contribution in [3.63, 3.8) is 0 Å². The van der Waals surface area contributed by atoms with Crippen molar-refractivity contribution in [1.29, 1.82) is 0 Å². The van der Waals surface area contributed by atoms with Crippen molar-refractivity contribution in [1.82, 2.24) is 0 Å². The molecule has 0 amide bonds. The molecular formula is C36H22O. The number of fused-ring (bicyclic) bond motifs is 6. The second-order valence-corrected chi connectivity index (χ2v) is 8.50. The van der Waals surface area contributed by atoms with Crippen molar-refractivity contribution in [2.45, 2.75) is 0 Å². The minimum atomic E-state index is -0.595. The largest absolute Gasteiger partial charge is 0.455 e. The highest BCUT2D eigenvalue weighted by Crippen LogP contribution is 2.46. The van der Waals surface area contributed by atoms with Crippen LogP contribution < -0.4 is 0 Å². The molecular weight excluding hydrogens is 448 g/mol. The molecule has 37 heavy (non-hydrogen) atoms. The molecule has 8 rings (SSSR count). The number of hydrogen-bond donors (Lipinski definition) is 0. The van der Waals surface area contributed by atoms with Crippen LogP contribution in [0, 0.1) is 0 Å². The molecule has 0 unspecified atom stereocenters. The Balaban J connectivity index is 1.64. The maximum Gasteiger partial charge on any atom is 0.143 e. The van der Waals surface area contributed by atoms with Crippen LogP contribution in [-0.2, 0) is 0 Å². The lowest BCUT2D eigenvalue weighted by molar-refractivity contribution is 0.670. The van der Waals surface area contributed by atoms with Crippen molar-refractivity contribution in [2.24, 2.45) is 0 Å². The van der Waals surface area contributed by atoms with Crippen molar-refractivity contribution >= 4 is 54.3 Å². The second-order valence-electron chi connectivity index (χ2n) is 8.50. The molecule has 1 nitrogen and oxygen atoms in total. The molecule has 7 aromatic carbocycles. The molecule has 0 radical (unpaired) electrons. The highest BCUT2D eigenvalue weighted by atomic mass is 16.3.